The Morgan fingerprint density at radius 1 is 1.12 bits per heavy atom. The maximum Gasteiger partial charge on any atom is 0.0294 e. The molecule has 0 nitrogen and oxygen atoms in total. The summed E-state index contributed by atoms with van der Waals surface area (Å²) in [7, 11) is 0. The van der Waals surface area contributed by atoms with Crippen LogP contribution in [0.4, 0.5) is 0 Å². The van der Waals surface area contributed by atoms with Gasteiger partial charge in [-0.05, 0) is 37.8 Å². The number of alkyl halides is 2. The minimum atomic E-state index is 0.0520. The molecule has 0 radical (unpaired) electrons. The highest BCUT2D eigenvalue weighted by molar-refractivity contribution is 6.21. The van der Waals surface area contributed by atoms with E-state index in [4.69, 9.17) is 23.2 Å². The van der Waals surface area contributed by atoms with E-state index in [0.29, 0.717) is 11.8 Å². The van der Waals surface area contributed by atoms with E-state index in [9.17, 15) is 0 Å². The monoisotopic (exact) mass is 272 g/mol. The van der Waals surface area contributed by atoms with Crippen molar-refractivity contribution in [2.75, 3.05) is 11.8 Å². The van der Waals surface area contributed by atoms with Crippen LogP contribution in [0.1, 0.15) is 36.5 Å². The third-order valence-electron chi connectivity index (χ3n) is 3.42. The first-order valence-electron chi connectivity index (χ1n) is 6.25. The van der Waals surface area contributed by atoms with Gasteiger partial charge in [0.2, 0.25) is 0 Å². The van der Waals surface area contributed by atoms with Crippen molar-refractivity contribution in [3.8, 4) is 0 Å². The molecule has 0 amide bonds. The molecule has 0 aliphatic rings. The number of aryl methyl sites for hydroxylation is 2. The fourth-order valence-corrected chi connectivity index (χ4v) is 3.02. The van der Waals surface area contributed by atoms with Crippen molar-refractivity contribution in [2.45, 2.75) is 40.0 Å². The third-order valence-corrected chi connectivity index (χ3v) is 4.55. The Labute approximate surface area is 115 Å². The summed E-state index contributed by atoms with van der Waals surface area (Å²) in [6.07, 6.45) is 3.21. The fraction of sp³-hybridized carbons (Fsp3) is 0.600. The molecule has 1 aromatic carbocycles. The molecule has 0 N–H and O–H groups in total. The molecule has 0 saturated heterocycles. The molecule has 0 aromatic heterocycles. The second-order valence-electron chi connectivity index (χ2n) is 5.12. The number of halogens is 2. The summed E-state index contributed by atoms with van der Waals surface area (Å²) in [5.74, 6) is 1.27. The Morgan fingerprint density at radius 2 is 1.76 bits per heavy atom. The van der Waals surface area contributed by atoms with Crippen molar-refractivity contribution in [1.82, 2.24) is 0 Å². The van der Waals surface area contributed by atoms with Crippen molar-refractivity contribution in [1.29, 1.82) is 0 Å². The number of benzene rings is 1. The van der Waals surface area contributed by atoms with Crippen LogP contribution >= 0.6 is 23.2 Å². The van der Waals surface area contributed by atoms with E-state index in [1.807, 2.05) is 0 Å². The minimum absolute atomic E-state index is 0.0520. The Morgan fingerprint density at radius 3 is 2.29 bits per heavy atom. The molecule has 0 aliphatic carbocycles. The Balaban J connectivity index is 2.96. The minimum Gasteiger partial charge on any atom is -0.126 e. The maximum atomic E-state index is 6.16. The molecule has 0 bridgehead atoms. The van der Waals surface area contributed by atoms with E-state index in [-0.39, 0.29) is 5.41 Å². The highest BCUT2D eigenvalue weighted by atomic mass is 35.5. The molecule has 0 aliphatic heterocycles. The molecule has 0 spiro atoms. The first-order chi connectivity index (χ1) is 8.06. The lowest BCUT2D eigenvalue weighted by Crippen LogP contribution is -2.28. The molecule has 0 heterocycles. The lowest BCUT2D eigenvalue weighted by molar-refractivity contribution is 0.340. The van der Waals surface area contributed by atoms with Crippen LogP contribution in [-0.4, -0.2) is 11.8 Å². The van der Waals surface area contributed by atoms with Gasteiger partial charge in [0.15, 0.2) is 0 Å². The molecule has 0 fully saturated rings. The Bertz CT molecular complexity index is 354. The highest BCUT2D eigenvalue weighted by Gasteiger charge is 2.28. The van der Waals surface area contributed by atoms with Crippen LogP contribution in [0.5, 0.6) is 0 Å². The van der Waals surface area contributed by atoms with Crippen molar-refractivity contribution >= 4 is 23.2 Å². The van der Waals surface area contributed by atoms with E-state index in [1.165, 1.54) is 16.7 Å². The summed E-state index contributed by atoms with van der Waals surface area (Å²) >= 11 is 12.3. The zero-order valence-electron chi connectivity index (χ0n) is 11.0. The van der Waals surface area contributed by atoms with Gasteiger partial charge in [-0.1, -0.05) is 37.1 Å². The van der Waals surface area contributed by atoms with E-state index in [0.717, 1.165) is 19.3 Å². The average molecular weight is 273 g/mol. The zero-order chi connectivity index (χ0) is 12.9. The summed E-state index contributed by atoms with van der Waals surface area (Å²) in [4.78, 5) is 0. The van der Waals surface area contributed by atoms with Crippen LogP contribution in [-0.2, 0) is 6.42 Å². The predicted molar refractivity (Wildman–Crippen MR) is 78.4 cm³/mol. The van der Waals surface area contributed by atoms with Crippen LogP contribution in [0.2, 0.25) is 0 Å². The Kier molecular flexibility index (Phi) is 5.82. The lowest BCUT2D eigenvalue weighted by Gasteiger charge is -2.30. The van der Waals surface area contributed by atoms with Crippen molar-refractivity contribution in [2.24, 2.45) is 5.41 Å². The summed E-state index contributed by atoms with van der Waals surface area (Å²) in [5, 5.41) is 0. The average Bonchev–Trinajstić information content (AvgIpc) is 2.33. The van der Waals surface area contributed by atoms with Gasteiger partial charge in [0.05, 0.1) is 0 Å². The van der Waals surface area contributed by atoms with Crippen molar-refractivity contribution in [3.05, 3.63) is 34.9 Å². The van der Waals surface area contributed by atoms with Crippen LogP contribution < -0.4 is 0 Å². The molecule has 1 aromatic rings. The zero-order valence-corrected chi connectivity index (χ0v) is 12.5. The molecule has 96 valence electrons. The second-order valence-corrected chi connectivity index (χ2v) is 5.66. The molecular formula is C15H22Cl2. The summed E-state index contributed by atoms with van der Waals surface area (Å²) in [6.45, 7) is 6.48. The van der Waals surface area contributed by atoms with Crippen molar-refractivity contribution < 1.29 is 0 Å². The molecule has 0 saturated carbocycles. The number of rotatable bonds is 6. The number of hydrogen-bond donors (Lipinski definition) is 0. The Hall–Kier alpha value is -0.200. The van der Waals surface area contributed by atoms with Gasteiger partial charge in [-0.15, -0.1) is 23.2 Å². The second kappa shape index (κ2) is 6.66. The van der Waals surface area contributed by atoms with E-state index >= 15 is 0 Å². The summed E-state index contributed by atoms with van der Waals surface area (Å²) in [6, 6.07) is 6.60. The summed E-state index contributed by atoms with van der Waals surface area (Å²) < 4.78 is 0. The summed E-state index contributed by atoms with van der Waals surface area (Å²) in [5.41, 5.74) is 4.09. The van der Waals surface area contributed by atoms with Crippen LogP contribution in [0.3, 0.4) is 0 Å². The topological polar surface area (TPSA) is 0 Å². The van der Waals surface area contributed by atoms with Crippen molar-refractivity contribution in [3.63, 3.8) is 0 Å². The smallest absolute Gasteiger partial charge is 0.0294 e. The largest absolute Gasteiger partial charge is 0.126 e. The lowest BCUT2D eigenvalue weighted by atomic mass is 9.80. The molecular weight excluding hydrogens is 251 g/mol. The fourth-order valence-electron chi connectivity index (χ4n) is 2.28. The standard InChI is InChI=1S/C15H22Cl2/c1-4-7-15(10-16,11-17)9-14-8-12(2)5-6-13(14)3/h5-6,8H,4,7,9-11H2,1-3H3. The third kappa shape index (κ3) is 3.89. The first kappa shape index (κ1) is 14.9. The molecule has 2 heteroatoms. The normalized spacial score (nSPS) is 11.8. The van der Waals surface area contributed by atoms with Crippen LogP contribution in [0, 0.1) is 19.3 Å². The van der Waals surface area contributed by atoms with Gasteiger partial charge in [-0.2, -0.15) is 0 Å². The number of hydrogen-bond acceptors (Lipinski definition) is 0. The van der Waals surface area contributed by atoms with Gasteiger partial charge in [0.1, 0.15) is 0 Å². The van der Waals surface area contributed by atoms with E-state index in [1.54, 1.807) is 0 Å². The van der Waals surface area contributed by atoms with Gasteiger partial charge in [-0.3, -0.25) is 0 Å². The van der Waals surface area contributed by atoms with Gasteiger partial charge in [-0.25, -0.2) is 0 Å². The van der Waals surface area contributed by atoms with E-state index in [2.05, 4.69) is 39.0 Å². The van der Waals surface area contributed by atoms with Gasteiger partial charge < -0.3 is 0 Å². The highest BCUT2D eigenvalue weighted by Crippen LogP contribution is 2.33. The molecule has 1 rings (SSSR count). The molecule has 17 heavy (non-hydrogen) atoms. The quantitative estimate of drug-likeness (QED) is 0.632. The predicted octanol–water partition coefficient (Wildman–Crippen LogP) is 5.11. The maximum absolute atomic E-state index is 6.16. The SMILES string of the molecule is CCCC(CCl)(CCl)Cc1cc(C)ccc1C. The van der Waals surface area contributed by atoms with Gasteiger partial charge in [0.25, 0.3) is 0 Å². The van der Waals surface area contributed by atoms with Crippen LogP contribution in [0.15, 0.2) is 18.2 Å². The molecule has 0 atom stereocenters. The molecule has 0 unspecified atom stereocenters. The van der Waals surface area contributed by atoms with Gasteiger partial charge >= 0.3 is 0 Å². The van der Waals surface area contributed by atoms with Gasteiger partial charge in [0, 0.05) is 17.2 Å². The van der Waals surface area contributed by atoms with Crippen LogP contribution in [0.25, 0.3) is 0 Å². The van der Waals surface area contributed by atoms with E-state index < -0.39 is 0 Å². The first-order valence-corrected chi connectivity index (χ1v) is 7.32.